The summed E-state index contributed by atoms with van der Waals surface area (Å²) >= 11 is 0. The van der Waals surface area contributed by atoms with Gasteiger partial charge in [-0.15, -0.1) is 0 Å². The Labute approximate surface area is 178 Å². The highest BCUT2D eigenvalue weighted by atomic mass is 16.5. The number of nitrogens with zero attached hydrogens (tertiary/aromatic N) is 1. The van der Waals surface area contributed by atoms with Gasteiger partial charge in [-0.3, -0.25) is 14.5 Å². The molecule has 0 atom stereocenters. The van der Waals surface area contributed by atoms with E-state index in [1.807, 2.05) is 43.3 Å². The lowest BCUT2D eigenvalue weighted by Crippen LogP contribution is -2.40. The molecule has 1 aliphatic heterocycles. The van der Waals surface area contributed by atoms with Gasteiger partial charge in [-0.1, -0.05) is 42.5 Å². The molecule has 0 aliphatic carbocycles. The standard InChI is InChI=1S/C24H31N3O3/c1-2-30-18-20-12-14-27(15-13-20)17-23(28)26-22-11-7-6-10-21(22)24(29)25-16-19-8-4-3-5-9-19/h3-11,20H,2,12-18H2,1H3,(H,25,29)(H,26,28). The van der Waals surface area contributed by atoms with Crippen LogP contribution in [0.5, 0.6) is 0 Å². The molecule has 2 amide bonds. The van der Waals surface area contributed by atoms with Crippen LogP contribution in [0.2, 0.25) is 0 Å². The van der Waals surface area contributed by atoms with E-state index < -0.39 is 0 Å². The van der Waals surface area contributed by atoms with Crippen LogP contribution < -0.4 is 10.6 Å². The predicted octanol–water partition coefficient (Wildman–Crippen LogP) is 3.30. The zero-order chi connectivity index (χ0) is 21.2. The lowest BCUT2D eigenvalue weighted by Gasteiger charge is -2.31. The van der Waals surface area contributed by atoms with Crippen LogP contribution in [0.15, 0.2) is 54.6 Å². The van der Waals surface area contributed by atoms with E-state index in [4.69, 9.17) is 4.74 Å². The minimum absolute atomic E-state index is 0.0958. The average molecular weight is 410 g/mol. The van der Waals surface area contributed by atoms with Crippen molar-refractivity contribution in [3.05, 3.63) is 65.7 Å². The molecule has 0 bridgehead atoms. The number of carbonyl (C=O) groups excluding carboxylic acids is 2. The van der Waals surface area contributed by atoms with Crippen LogP contribution in [0.3, 0.4) is 0 Å². The van der Waals surface area contributed by atoms with Crippen LogP contribution in [0.25, 0.3) is 0 Å². The van der Waals surface area contributed by atoms with E-state index in [1.54, 1.807) is 18.2 Å². The molecule has 0 aromatic heterocycles. The Morgan fingerprint density at radius 2 is 1.73 bits per heavy atom. The van der Waals surface area contributed by atoms with E-state index in [-0.39, 0.29) is 11.8 Å². The van der Waals surface area contributed by atoms with Crippen molar-refractivity contribution in [2.45, 2.75) is 26.3 Å². The lowest BCUT2D eigenvalue weighted by atomic mass is 9.98. The Morgan fingerprint density at radius 1 is 1.03 bits per heavy atom. The lowest BCUT2D eigenvalue weighted by molar-refractivity contribution is -0.117. The van der Waals surface area contributed by atoms with Crippen LogP contribution in [0.4, 0.5) is 5.69 Å². The maximum absolute atomic E-state index is 12.6. The van der Waals surface area contributed by atoms with E-state index in [0.717, 1.165) is 44.7 Å². The van der Waals surface area contributed by atoms with Crippen molar-refractivity contribution in [2.75, 3.05) is 38.2 Å². The fourth-order valence-electron chi connectivity index (χ4n) is 3.65. The van der Waals surface area contributed by atoms with Gasteiger partial charge in [-0.2, -0.15) is 0 Å². The molecule has 30 heavy (non-hydrogen) atoms. The van der Waals surface area contributed by atoms with Crippen LogP contribution in [0.1, 0.15) is 35.7 Å². The molecule has 2 aromatic carbocycles. The van der Waals surface area contributed by atoms with Gasteiger partial charge in [0.15, 0.2) is 0 Å². The number of likely N-dealkylation sites (tertiary alicyclic amines) is 1. The summed E-state index contributed by atoms with van der Waals surface area (Å²) in [6, 6.07) is 16.9. The SMILES string of the molecule is CCOCC1CCN(CC(=O)Nc2ccccc2C(=O)NCc2ccccc2)CC1. The van der Waals surface area contributed by atoms with Gasteiger partial charge in [0, 0.05) is 19.8 Å². The van der Waals surface area contributed by atoms with Crippen molar-refractivity contribution in [1.82, 2.24) is 10.2 Å². The quantitative estimate of drug-likeness (QED) is 0.667. The molecule has 1 fully saturated rings. The molecule has 1 saturated heterocycles. The van der Waals surface area contributed by atoms with Crippen LogP contribution in [0, 0.1) is 5.92 Å². The highest BCUT2D eigenvalue weighted by molar-refractivity contribution is 6.04. The predicted molar refractivity (Wildman–Crippen MR) is 118 cm³/mol. The molecule has 3 rings (SSSR count). The first kappa shape index (κ1) is 22.0. The number of benzene rings is 2. The molecule has 0 saturated carbocycles. The smallest absolute Gasteiger partial charge is 0.253 e. The summed E-state index contributed by atoms with van der Waals surface area (Å²) in [6.07, 6.45) is 2.09. The van der Waals surface area contributed by atoms with Crippen molar-refractivity contribution in [3.63, 3.8) is 0 Å². The minimum Gasteiger partial charge on any atom is -0.381 e. The van der Waals surface area contributed by atoms with Gasteiger partial charge in [0.05, 0.1) is 17.8 Å². The van der Waals surface area contributed by atoms with Crippen molar-refractivity contribution in [3.8, 4) is 0 Å². The molecule has 6 nitrogen and oxygen atoms in total. The second-order valence-electron chi connectivity index (χ2n) is 7.64. The number of ether oxygens (including phenoxy) is 1. The summed E-state index contributed by atoms with van der Waals surface area (Å²) in [4.78, 5) is 27.4. The fraction of sp³-hybridized carbons (Fsp3) is 0.417. The molecule has 6 heteroatoms. The Kier molecular flexibility index (Phi) is 8.41. The van der Waals surface area contributed by atoms with Crippen LogP contribution in [-0.2, 0) is 16.1 Å². The second-order valence-corrected chi connectivity index (χ2v) is 7.64. The summed E-state index contributed by atoms with van der Waals surface area (Å²) in [5.74, 6) is 0.284. The monoisotopic (exact) mass is 409 g/mol. The first-order chi connectivity index (χ1) is 14.7. The Hall–Kier alpha value is -2.70. The van der Waals surface area contributed by atoms with Gasteiger partial charge in [0.2, 0.25) is 5.91 Å². The number of anilines is 1. The largest absolute Gasteiger partial charge is 0.381 e. The maximum Gasteiger partial charge on any atom is 0.253 e. The Morgan fingerprint density at radius 3 is 2.47 bits per heavy atom. The Bertz CT molecular complexity index is 817. The number of para-hydroxylation sites is 1. The third kappa shape index (κ3) is 6.68. The van der Waals surface area contributed by atoms with Crippen molar-refractivity contribution < 1.29 is 14.3 Å². The van der Waals surface area contributed by atoms with Gasteiger partial charge in [0.1, 0.15) is 0 Å². The highest BCUT2D eigenvalue weighted by Crippen LogP contribution is 2.18. The molecule has 1 heterocycles. The number of amides is 2. The van der Waals surface area contributed by atoms with Crippen molar-refractivity contribution in [2.24, 2.45) is 5.92 Å². The molecular weight excluding hydrogens is 378 g/mol. The van der Waals surface area contributed by atoms with E-state index in [1.165, 1.54) is 0 Å². The topological polar surface area (TPSA) is 70.7 Å². The third-order valence-electron chi connectivity index (χ3n) is 5.37. The van der Waals surface area contributed by atoms with E-state index in [2.05, 4.69) is 15.5 Å². The van der Waals surface area contributed by atoms with Crippen molar-refractivity contribution >= 4 is 17.5 Å². The van der Waals surface area contributed by atoms with Gasteiger partial charge < -0.3 is 15.4 Å². The number of hydrogen-bond donors (Lipinski definition) is 2. The molecule has 0 spiro atoms. The van der Waals surface area contributed by atoms with Gasteiger partial charge >= 0.3 is 0 Å². The average Bonchev–Trinajstić information content (AvgIpc) is 2.78. The molecule has 0 unspecified atom stereocenters. The van der Waals surface area contributed by atoms with Crippen LogP contribution >= 0.6 is 0 Å². The summed E-state index contributed by atoms with van der Waals surface area (Å²) in [6.45, 7) is 6.14. The number of carbonyl (C=O) groups is 2. The maximum atomic E-state index is 12.6. The normalized spacial score (nSPS) is 15.0. The Balaban J connectivity index is 1.50. The molecular formula is C24H31N3O3. The second kappa shape index (κ2) is 11.5. The molecule has 1 aliphatic rings. The first-order valence-electron chi connectivity index (χ1n) is 10.7. The number of rotatable bonds is 9. The van der Waals surface area contributed by atoms with Gasteiger partial charge in [0.25, 0.3) is 5.91 Å². The minimum atomic E-state index is -0.202. The summed E-state index contributed by atoms with van der Waals surface area (Å²) in [7, 11) is 0. The zero-order valence-corrected chi connectivity index (χ0v) is 17.6. The van der Waals surface area contributed by atoms with Crippen LogP contribution in [-0.4, -0.2) is 49.6 Å². The molecule has 160 valence electrons. The van der Waals surface area contributed by atoms with E-state index in [9.17, 15) is 9.59 Å². The summed E-state index contributed by atoms with van der Waals surface area (Å²) in [5.41, 5.74) is 2.04. The first-order valence-corrected chi connectivity index (χ1v) is 10.7. The molecule has 2 aromatic rings. The highest BCUT2D eigenvalue weighted by Gasteiger charge is 2.21. The zero-order valence-electron chi connectivity index (χ0n) is 17.6. The number of nitrogens with one attached hydrogen (secondary N) is 2. The number of hydrogen-bond acceptors (Lipinski definition) is 4. The van der Waals surface area contributed by atoms with Crippen molar-refractivity contribution in [1.29, 1.82) is 0 Å². The van der Waals surface area contributed by atoms with Gasteiger partial charge in [-0.05, 0) is 56.5 Å². The summed E-state index contributed by atoms with van der Waals surface area (Å²) < 4.78 is 5.52. The van der Waals surface area contributed by atoms with E-state index >= 15 is 0 Å². The molecule has 0 radical (unpaired) electrons. The fourth-order valence-corrected chi connectivity index (χ4v) is 3.65. The third-order valence-corrected chi connectivity index (χ3v) is 5.37. The van der Waals surface area contributed by atoms with E-state index in [0.29, 0.717) is 30.3 Å². The number of piperidine rings is 1. The molecule has 2 N–H and O–H groups in total. The summed E-state index contributed by atoms with van der Waals surface area (Å²) in [5, 5.41) is 5.84. The van der Waals surface area contributed by atoms with Gasteiger partial charge in [-0.25, -0.2) is 0 Å².